The van der Waals surface area contributed by atoms with Crippen LogP contribution in [0.5, 0.6) is 0 Å². The summed E-state index contributed by atoms with van der Waals surface area (Å²) in [5.74, 6) is 0.442. The van der Waals surface area contributed by atoms with Gasteiger partial charge < -0.3 is 25.2 Å². The van der Waals surface area contributed by atoms with Crippen LogP contribution < -0.4 is 5.73 Å². The third kappa shape index (κ3) is 5.19. The van der Waals surface area contributed by atoms with Crippen LogP contribution in [0, 0.1) is 24.6 Å². The number of aromatic nitrogens is 3. The Balaban J connectivity index is 1.14. The summed E-state index contributed by atoms with van der Waals surface area (Å²) in [4.78, 5) is 30.0. The van der Waals surface area contributed by atoms with E-state index in [0.717, 1.165) is 67.7 Å². The first-order valence-corrected chi connectivity index (χ1v) is 17.1. The van der Waals surface area contributed by atoms with Gasteiger partial charge >= 0.3 is 0 Å². The first-order chi connectivity index (χ1) is 22.2. The number of likely N-dealkylation sites (tertiary alicyclic amines) is 2. The number of amides is 2. The maximum absolute atomic E-state index is 15.8. The standard InChI is InChI=1S/C36H43FN6O3/c1-21-32(39-43-19-26(16-30(37)33(21)43)36(46)41-11-3-5-27(38)20-41)31-17-24-4-2-6-29(34(24)42(31)18-22-7-8-22)23-9-12-40(13-10-23)35(45)25-14-28(44)15-25/h2,4,6,16-17,19,22-23,25,27-28,44H,3,5,7-15,18,20,38H2,1H3/t25?,27-,28?/m1/s1. The lowest BCUT2D eigenvalue weighted by atomic mass is 9.80. The van der Waals surface area contributed by atoms with Crippen LogP contribution >= 0.6 is 0 Å². The highest BCUT2D eigenvalue weighted by molar-refractivity contribution is 5.95. The molecule has 9 nitrogen and oxygen atoms in total. The fourth-order valence-corrected chi connectivity index (χ4v) is 8.10. The number of aliphatic hydroxyl groups excluding tert-OH is 1. The molecule has 2 saturated carbocycles. The van der Waals surface area contributed by atoms with Gasteiger partial charge in [-0.2, -0.15) is 5.10 Å². The lowest BCUT2D eigenvalue weighted by Crippen LogP contribution is -2.46. The molecule has 3 aromatic heterocycles. The fourth-order valence-electron chi connectivity index (χ4n) is 8.10. The van der Waals surface area contributed by atoms with Crippen LogP contribution in [0.1, 0.15) is 78.8 Å². The minimum absolute atomic E-state index is 0.0240. The Labute approximate surface area is 268 Å². The van der Waals surface area contributed by atoms with Crippen molar-refractivity contribution in [1.29, 1.82) is 0 Å². The number of halogens is 1. The van der Waals surface area contributed by atoms with E-state index in [4.69, 9.17) is 10.8 Å². The largest absolute Gasteiger partial charge is 0.393 e. The second-order valence-electron chi connectivity index (χ2n) is 14.3. The zero-order chi connectivity index (χ0) is 31.7. The molecule has 4 fully saturated rings. The number of benzene rings is 1. The number of aryl methyl sites for hydroxylation is 1. The predicted molar refractivity (Wildman–Crippen MR) is 174 cm³/mol. The van der Waals surface area contributed by atoms with Crippen molar-refractivity contribution < 1.29 is 19.1 Å². The van der Waals surface area contributed by atoms with Gasteiger partial charge in [-0.3, -0.25) is 9.59 Å². The van der Waals surface area contributed by atoms with E-state index in [2.05, 4.69) is 28.8 Å². The SMILES string of the molecule is Cc1c(-c2cc3cccc(C4CCN(C(=O)C5CC(O)C5)CC4)c3n2CC2CC2)nn2cc(C(=O)N3CCC[C@@H](N)C3)cc(F)c12. The molecule has 8 rings (SSSR count). The third-order valence-corrected chi connectivity index (χ3v) is 10.9. The van der Waals surface area contributed by atoms with Crippen LogP contribution in [-0.2, 0) is 11.3 Å². The Kier molecular flexibility index (Phi) is 7.40. The number of fused-ring (bicyclic) bond motifs is 2. The number of para-hydroxylation sites is 1. The quantitative estimate of drug-likeness (QED) is 0.318. The molecule has 0 spiro atoms. The van der Waals surface area contributed by atoms with Crippen LogP contribution in [0.25, 0.3) is 27.8 Å². The van der Waals surface area contributed by atoms with E-state index in [-0.39, 0.29) is 35.4 Å². The number of carbonyl (C=O) groups is 2. The van der Waals surface area contributed by atoms with Gasteiger partial charge in [0.25, 0.3) is 5.91 Å². The van der Waals surface area contributed by atoms with Crippen LogP contribution in [0.3, 0.4) is 0 Å². The number of aliphatic hydroxyl groups is 1. The highest BCUT2D eigenvalue weighted by Gasteiger charge is 2.37. The van der Waals surface area contributed by atoms with Gasteiger partial charge in [-0.05, 0) is 87.8 Å². The fraction of sp³-hybridized carbons (Fsp3) is 0.528. The molecule has 0 bridgehead atoms. The van der Waals surface area contributed by atoms with Crippen LogP contribution in [0.2, 0.25) is 0 Å². The zero-order valence-electron chi connectivity index (χ0n) is 26.5. The van der Waals surface area contributed by atoms with E-state index < -0.39 is 5.82 Å². The molecule has 1 aromatic carbocycles. The Bertz CT molecular complexity index is 1830. The molecular weight excluding hydrogens is 583 g/mol. The van der Waals surface area contributed by atoms with Gasteiger partial charge in [0.2, 0.25) is 5.91 Å². The number of piperidine rings is 2. The molecule has 2 saturated heterocycles. The molecule has 0 unspecified atom stereocenters. The number of carbonyl (C=O) groups excluding carboxylic acids is 2. The molecule has 4 aliphatic rings. The molecule has 10 heteroatoms. The van der Waals surface area contributed by atoms with Crippen molar-refractivity contribution in [2.45, 2.75) is 82.9 Å². The zero-order valence-corrected chi connectivity index (χ0v) is 26.5. The molecule has 0 radical (unpaired) electrons. The average Bonchev–Trinajstić information content (AvgIpc) is 3.70. The van der Waals surface area contributed by atoms with Crippen molar-refractivity contribution in [2.75, 3.05) is 26.2 Å². The maximum atomic E-state index is 15.8. The molecule has 46 heavy (non-hydrogen) atoms. The summed E-state index contributed by atoms with van der Waals surface area (Å²) in [5.41, 5.74) is 11.8. The van der Waals surface area contributed by atoms with Crippen LogP contribution in [0.4, 0.5) is 4.39 Å². The Morgan fingerprint density at radius 1 is 1.02 bits per heavy atom. The second-order valence-corrected chi connectivity index (χ2v) is 14.3. The minimum Gasteiger partial charge on any atom is -0.393 e. The van der Waals surface area contributed by atoms with Crippen molar-refractivity contribution in [3.63, 3.8) is 0 Å². The predicted octanol–water partition coefficient (Wildman–Crippen LogP) is 4.85. The van der Waals surface area contributed by atoms with Gasteiger partial charge in [-0.25, -0.2) is 8.91 Å². The number of hydrogen-bond donors (Lipinski definition) is 2. The van der Waals surface area contributed by atoms with Crippen molar-refractivity contribution in [3.05, 3.63) is 59.0 Å². The van der Waals surface area contributed by atoms with Gasteiger partial charge in [0.15, 0.2) is 0 Å². The van der Waals surface area contributed by atoms with Gasteiger partial charge in [-0.1, -0.05) is 18.2 Å². The van der Waals surface area contributed by atoms with Gasteiger partial charge in [-0.15, -0.1) is 0 Å². The van der Waals surface area contributed by atoms with Gasteiger partial charge in [0.1, 0.15) is 17.0 Å². The highest BCUT2D eigenvalue weighted by Crippen LogP contribution is 2.41. The highest BCUT2D eigenvalue weighted by atomic mass is 19.1. The molecule has 4 aromatic rings. The molecule has 3 N–H and O–H groups in total. The average molecular weight is 627 g/mol. The van der Waals surface area contributed by atoms with E-state index in [1.54, 1.807) is 15.6 Å². The second kappa shape index (κ2) is 11.5. The molecule has 242 valence electrons. The summed E-state index contributed by atoms with van der Waals surface area (Å²) in [7, 11) is 0. The van der Waals surface area contributed by atoms with Crippen molar-refractivity contribution in [3.8, 4) is 11.4 Å². The Hall–Kier alpha value is -3.76. The molecule has 1 atom stereocenters. The number of pyridine rings is 1. The van der Waals surface area contributed by atoms with Gasteiger partial charge in [0, 0.05) is 61.8 Å². The lowest BCUT2D eigenvalue weighted by Gasteiger charge is -2.38. The number of hydrogen-bond acceptors (Lipinski definition) is 5. The smallest absolute Gasteiger partial charge is 0.255 e. The summed E-state index contributed by atoms with van der Waals surface area (Å²) in [5, 5.41) is 15.8. The number of rotatable bonds is 6. The summed E-state index contributed by atoms with van der Waals surface area (Å²) >= 11 is 0. The molecule has 2 aliphatic heterocycles. The van der Waals surface area contributed by atoms with E-state index in [1.165, 1.54) is 30.0 Å². The van der Waals surface area contributed by atoms with E-state index in [0.29, 0.717) is 43.3 Å². The Morgan fingerprint density at radius 3 is 2.52 bits per heavy atom. The summed E-state index contributed by atoms with van der Waals surface area (Å²) < 4.78 is 19.7. The molecule has 2 aliphatic carbocycles. The third-order valence-electron chi connectivity index (χ3n) is 10.9. The van der Waals surface area contributed by atoms with Crippen molar-refractivity contribution in [2.24, 2.45) is 17.6 Å². The lowest BCUT2D eigenvalue weighted by molar-refractivity contribution is -0.143. The molecule has 2 amide bonds. The number of nitrogens with zero attached hydrogens (tertiary/aromatic N) is 5. The van der Waals surface area contributed by atoms with Crippen LogP contribution in [-0.4, -0.2) is 79.2 Å². The first kappa shape index (κ1) is 29.6. The number of nitrogens with two attached hydrogens (primary N) is 1. The van der Waals surface area contributed by atoms with Crippen molar-refractivity contribution >= 4 is 28.2 Å². The molecular formula is C36H43FN6O3. The Morgan fingerprint density at radius 2 is 1.80 bits per heavy atom. The van der Waals surface area contributed by atoms with Gasteiger partial charge in [0.05, 0.1) is 22.9 Å². The monoisotopic (exact) mass is 626 g/mol. The summed E-state index contributed by atoms with van der Waals surface area (Å²) in [6, 6.07) is 9.99. The minimum atomic E-state index is -0.452. The summed E-state index contributed by atoms with van der Waals surface area (Å²) in [6.45, 7) is 5.37. The first-order valence-electron chi connectivity index (χ1n) is 17.1. The van der Waals surface area contributed by atoms with E-state index in [1.807, 2.05) is 11.8 Å². The van der Waals surface area contributed by atoms with Crippen molar-refractivity contribution in [1.82, 2.24) is 24.0 Å². The van der Waals surface area contributed by atoms with E-state index >= 15 is 4.39 Å². The topological polar surface area (TPSA) is 109 Å². The molecule has 5 heterocycles. The maximum Gasteiger partial charge on any atom is 0.255 e. The normalized spacial score (nSPS) is 24.1. The van der Waals surface area contributed by atoms with E-state index in [9.17, 15) is 14.7 Å². The van der Waals surface area contributed by atoms with Crippen LogP contribution in [0.15, 0.2) is 36.5 Å². The summed E-state index contributed by atoms with van der Waals surface area (Å²) in [6.07, 6.45) is 8.45.